The average molecular weight is 231 g/mol. The van der Waals surface area contributed by atoms with Crippen molar-refractivity contribution in [2.75, 3.05) is 13.1 Å². The first-order valence-electron chi connectivity index (χ1n) is 7.14. The van der Waals surface area contributed by atoms with Gasteiger partial charge in [-0.3, -0.25) is 0 Å². The van der Waals surface area contributed by atoms with E-state index in [1.807, 2.05) is 0 Å². The number of rotatable bonds is 6. The molecule has 2 rings (SSSR count). The van der Waals surface area contributed by atoms with E-state index in [0.717, 1.165) is 18.4 Å². The molecule has 2 unspecified atom stereocenters. The Bertz CT molecular complexity index is 345. The summed E-state index contributed by atoms with van der Waals surface area (Å²) in [7, 11) is 0. The Morgan fingerprint density at radius 2 is 2.12 bits per heavy atom. The molecule has 1 aliphatic rings. The summed E-state index contributed by atoms with van der Waals surface area (Å²) in [6, 6.07) is 9.27. The molecule has 2 atom stereocenters. The Labute approximate surface area is 106 Å². The highest BCUT2D eigenvalue weighted by Gasteiger charge is 2.31. The molecule has 1 heteroatoms. The molecule has 0 radical (unpaired) electrons. The minimum Gasteiger partial charge on any atom is -0.317 e. The van der Waals surface area contributed by atoms with Crippen molar-refractivity contribution in [3.05, 3.63) is 35.4 Å². The minimum atomic E-state index is 0.811. The summed E-state index contributed by atoms with van der Waals surface area (Å²) in [6.07, 6.45) is 5.24. The second-order valence-electron chi connectivity index (χ2n) is 5.25. The molecule has 17 heavy (non-hydrogen) atoms. The van der Waals surface area contributed by atoms with Crippen LogP contribution in [0.1, 0.15) is 50.2 Å². The molecule has 94 valence electrons. The maximum absolute atomic E-state index is 3.49. The third-order valence-electron chi connectivity index (χ3n) is 3.99. The highest BCUT2D eigenvalue weighted by Crippen LogP contribution is 2.42. The summed E-state index contributed by atoms with van der Waals surface area (Å²) in [4.78, 5) is 0. The molecular formula is C16H25N. The summed E-state index contributed by atoms with van der Waals surface area (Å²) in [5, 5.41) is 3.49. The van der Waals surface area contributed by atoms with Gasteiger partial charge in [-0.2, -0.15) is 0 Å². The number of hydrogen-bond donors (Lipinski definition) is 1. The van der Waals surface area contributed by atoms with E-state index in [1.54, 1.807) is 5.56 Å². The van der Waals surface area contributed by atoms with Gasteiger partial charge in [0.1, 0.15) is 0 Å². The van der Waals surface area contributed by atoms with E-state index in [4.69, 9.17) is 0 Å². The van der Waals surface area contributed by atoms with Crippen LogP contribution in [-0.2, 0) is 6.42 Å². The average Bonchev–Trinajstić information content (AvgIpc) is 2.29. The fourth-order valence-electron chi connectivity index (χ4n) is 2.85. The summed E-state index contributed by atoms with van der Waals surface area (Å²) in [5.74, 6) is 1.68. The van der Waals surface area contributed by atoms with Crippen molar-refractivity contribution in [2.24, 2.45) is 5.92 Å². The van der Waals surface area contributed by atoms with E-state index in [2.05, 4.69) is 43.4 Å². The standard InChI is InChI=1S/C16H25N/c1-3-6-13-7-5-8-14(11-13)16-10-9-15(16)12-17-4-2/h5,7-8,11,15-17H,3-4,6,9-10,12H2,1-2H3. The lowest BCUT2D eigenvalue weighted by Gasteiger charge is -2.37. The van der Waals surface area contributed by atoms with Crippen LogP contribution in [0.5, 0.6) is 0 Å². The predicted octanol–water partition coefficient (Wildman–Crippen LogP) is 3.74. The highest BCUT2D eigenvalue weighted by molar-refractivity contribution is 5.28. The van der Waals surface area contributed by atoms with E-state index in [-0.39, 0.29) is 0 Å². The van der Waals surface area contributed by atoms with E-state index >= 15 is 0 Å². The first-order valence-corrected chi connectivity index (χ1v) is 7.14. The quantitative estimate of drug-likeness (QED) is 0.786. The van der Waals surface area contributed by atoms with Crippen LogP contribution in [0.25, 0.3) is 0 Å². The van der Waals surface area contributed by atoms with Crippen LogP contribution in [0, 0.1) is 5.92 Å². The van der Waals surface area contributed by atoms with Crippen LogP contribution in [0.15, 0.2) is 24.3 Å². The lowest BCUT2D eigenvalue weighted by atomic mass is 9.69. The molecule has 1 N–H and O–H groups in total. The van der Waals surface area contributed by atoms with Crippen LogP contribution in [-0.4, -0.2) is 13.1 Å². The monoisotopic (exact) mass is 231 g/mol. The molecule has 0 spiro atoms. The van der Waals surface area contributed by atoms with Gasteiger partial charge in [-0.1, -0.05) is 44.5 Å². The maximum atomic E-state index is 3.49. The van der Waals surface area contributed by atoms with Crippen LogP contribution < -0.4 is 5.32 Å². The number of benzene rings is 1. The smallest absolute Gasteiger partial charge is 0.00148 e. The number of nitrogens with one attached hydrogen (secondary N) is 1. The Balaban J connectivity index is 1.99. The maximum Gasteiger partial charge on any atom is -0.00148 e. The molecule has 1 aromatic carbocycles. The van der Waals surface area contributed by atoms with Gasteiger partial charge in [0.15, 0.2) is 0 Å². The van der Waals surface area contributed by atoms with Crippen LogP contribution in [0.3, 0.4) is 0 Å². The summed E-state index contributed by atoms with van der Waals surface area (Å²) >= 11 is 0. The van der Waals surface area contributed by atoms with E-state index in [1.165, 1.54) is 37.8 Å². The summed E-state index contributed by atoms with van der Waals surface area (Å²) in [6.45, 7) is 6.73. The van der Waals surface area contributed by atoms with Gasteiger partial charge in [0.25, 0.3) is 0 Å². The zero-order valence-electron chi connectivity index (χ0n) is 11.2. The van der Waals surface area contributed by atoms with Crippen molar-refractivity contribution < 1.29 is 0 Å². The zero-order valence-corrected chi connectivity index (χ0v) is 11.2. The molecule has 1 saturated carbocycles. The van der Waals surface area contributed by atoms with Gasteiger partial charge in [0.05, 0.1) is 0 Å². The Morgan fingerprint density at radius 3 is 2.76 bits per heavy atom. The van der Waals surface area contributed by atoms with Crippen molar-refractivity contribution >= 4 is 0 Å². The van der Waals surface area contributed by atoms with E-state index < -0.39 is 0 Å². The van der Waals surface area contributed by atoms with E-state index in [0.29, 0.717) is 0 Å². The molecular weight excluding hydrogens is 206 g/mol. The van der Waals surface area contributed by atoms with Crippen molar-refractivity contribution in [1.82, 2.24) is 5.32 Å². The van der Waals surface area contributed by atoms with Gasteiger partial charge in [-0.15, -0.1) is 0 Å². The lowest BCUT2D eigenvalue weighted by Crippen LogP contribution is -2.33. The molecule has 1 nitrogen and oxygen atoms in total. The lowest BCUT2D eigenvalue weighted by molar-refractivity contribution is 0.247. The second-order valence-corrected chi connectivity index (χ2v) is 5.25. The SMILES string of the molecule is CCCc1cccc(C2CCC2CNCC)c1. The predicted molar refractivity (Wildman–Crippen MR) is 74.4 cm³/mol. The van der Waals surface area contributed by atoms with Gasteiger partial charge in [-0.25, -0.2) is 0 Å². The largest absolute Gasteiger partial charge is 0.317 e. The number of aryl methyl sites for hydroxylation is 1. The van der Waals surface area contributed by atoms with Gasteiger partial charge >= 0.3 is 0 Å². The van der Waals surface area contributed by atoms with Crippen molar-refractivity contribution in [3.8, 4) is 0 Å². The van der Waals surface area contributed by atoms with Crippen molar-refractivity contribution in [2.45, 2.75) is 45.4 Å². The zero-order chi connectivity index (χ0) is 12.1. The highest BCUT2D eigenvalue weighted by atomic mass is 14.9. The van der Waals surface area contributed by atoms with Gasteiger partial charge in [0, 0.05) is 0 Å². The molecule has 1 aliphatic carbocycles. The van der Waals surface area contributed by atoms with Crippen molar-refractivity contribution in [3.63, 3.8) is 0 Å². The summed E-state index contributed by atoms with van der Waals surface area (Å²) in [5.41, 5.74) is 3.09. The normalized spacial score (nSPS) is 23.4. The molecule has 0 heterocycles. The summed E-state index contributed by atoms with van der Waals surface area (Å²) < 4.78 is 0. The Morgan fingerprint density at radius 1 is 1.24 bits per heavy atom. The topological polar surface area (TPSA) is 12.0 Å². The van der Waals surface area contributed by atoms with Crippen LogP contribution >= 0.6 is 0 Å². The Hall–Kier alpha value is -0.820. The fourth-order valence-corrected chi connectivity index (χ4v) is 2.85. The minimum absolute atomic E-state index is 0.811. The molecule has 0 aromatic heterocycles. The van der Waals surface area contributed by atoms with Crippen LogP contribution in [0.4, 0.5) is 0 Å². The molecule has 0 aliphatic heterocycles. The van der Waals surface area contributed by atoms with Gasteiger partial charge in [-0.05, 0) is 55.3 Å². The first kappa shape index (κ1) is 12.6. The van der Waals surface area contributed by atoms with Crippen molar-refractivity contribution in [1.29, 1.82) is 0 Å². The van der Waals surface area contributed by atoms with E-state index in [9.17, 15) is 0 Å². The fraction of sp³-hybridized carbons (Fsp3) is 0.625. The Kier molecular flexibility index (Phi) is 4.61. The van der Waals surface area contributed by atoms with Crippen LogP contribution in [0.2, 0.25) is 0 Å². The second kappa shape index (κ2) is 6.20. The molecule has 0 saturated heterocycles. The molecule has 1 aromatic rings. The number of hydrogen-bond acceptors (Lipinski definition) is 1. The molecule has 0 bridgehead atoms. The van der Waals surface area contributed by atoms with Gasteiger partial charge < -0.3 is 5.32 Å². The molecule has 1 fully saturated rings. The first-order chi connectivity index (χ1) is 8.35. The third-order valence-corrected chi connectivity index (χ3v) is 3.99. The third kappa shape index (κ3) is 3.10. The van der Waals surface area contributed by atoms with Gasteiger partial charge in [0.2, 0.25) is 0 Å². The molecule has 0 amide bonds.